The molecule has 106 valence electrons. The maximum absolute atomic E-state index is 9.19. The lowest BCUT2D eigenvalue weighted by Gasteiger charge is -2.07. The van der Waals surface area contributed by atoms with Crippen molar-refractivity contribution in [2.45, 2.75) is 6.42 Å². The van der Waals surface area contributed by atoms with E-state index in [4.69, 9.17) is 5.73 Å². The first-order chi connectivity index (χ1) is 10.8. The summed E-state index contributed by atoms with van der Waals surface area (Å²) in [6.07, 6.45) is 2.45. The highest BCUT2D eigenvalue weighted by atomic mass is 14.7. The molecule has 0 aliphatic heterocycles. The van der Waals surface area contributed by atoms with Crippen molar-refractivity contribution in [3.63, 3.8) is 0 Å². The second kappa shape index (κ2) is 6.11. The van der Waals surface area contributed by atoms with E-state index in [1.54, 1.807) is 6.20 Å². The number of nitrogen functional groups attached to an aromatic ring is 1. The standard InChI is InChI=1S/C19H15N3/c20-13-16-4-1-2-5-17(16)15-9-7-14(8-10-15)12-19-18(21)6-3-11-22-19/h1-11H,12,21H2. The first-order valence-electron chi connectivity index (χ1n) is 7.06. The molecule has 0 radical (unpaired) electrons. The van der Waals surface area contributed by atoms with E-state index in [1.165, 1.54) is 0 Å². The lowest BCUT2D eigenvalue weighted by Crippen LogP contribution is -1.98. The largest absolute Gasteiger partial charge is 0.397 e. The van der Waals surface area contributed by atoms with Crippen molar-refractivity contribution in [3.05, 3.63) is 83.7 Å². The minimum absolute atomic E-state index is 0.684. The van der Waals surface area contributed by atoms with Crippen LogP contribution in [0, 0.1) is 11.3 Å². The molecule has 0 aliphatic carbocycles. The Hall–Kier alpha value is -3.12. The molecule has 0 bridgehead atoms. The average molecular weight is 285 g/mol. The van der Waals surface area contributed by atoms with Gasteiger partial charge in [-0.25, -0.2) is 0 Å². The second-order valence-corrected chi connectivity index (χ2v) is 5.07. The average Bonchev–Trinajstić information content (AvgIpc) is 2.58. The fourth-order valence-electron chi connectivity index (χ4n) is 2.43. The summed E-state index contributed by atoms with van der Waals surface area (Å²) < 4.78 is 0. The highest BCUT2D eigenvalue weighted by Gasteiger charge is 2.05. The van der Waals surface area contributed by atoms with Crippen LogP contribution in [0.1, 0.15) is 16.8 Å². The lowest BCUT2D eigenvalue weighted by molar-refractivity contribution is 1.08. The summed E-state index contributed by atoms with van der Waals surface area (Å²) in [5, 5.41) is 9.19. The van der Waals surface area contributed by atoms with Gasteiger partial charge in [0.25, 0.3) is 0 Å². The maximum atomic E-state index is 9.19. The number of hydrogen-bond acceptors (Lipinski definition) is 3. The molecule has 3 nitrogen and oxygen atoms in total. The number of nitrogens with two attached hydrogens (primary N) is 1. The molecular weight excluding hydrogens is 270 g/mol. The van der Waals surface area contributed by atoms with Crippen LogP contribution in [0.2, 0.25) is 0 Å². The van der Waals surface area contributed by atoms with E-state index >= 15 is 0 Å². The van der Waals surface area contributed by atoms with Gasteiger partial charge in [0, 0.05) is 12.6 Å². The van der Waals surface area contributed by atoms with Gasteiger partial charge >= 0.3 is 0 Å². The van der Waals surface area contributed by atoms with Gasteiger partial charge in [-0.2, -0.15) is 5.26 Å². The van der Waals surface area contributed by atoms with Gasteiger partial charge in [0.2, 0.25) is 0 Å². The first-order valence-corrected chi connectivity index (χ1v) is 7.06. The van der Waals surface area contributed by atoms with Gasteiger partial charge in [-0.3, -0.25) is 4.98 Å². The van der Waals surface area contributed by atoms with Crippen LogP contribution in [0.25, 0.3) is 11.1 Å². The zero-order valence-corrected chi connectivity index (χ0v) is 12.0. The summed E-state index contributed by atoms with van der Waals surface area (Å²) in [5.74, 6) is 0. The molecule has 0 atom stereocenters. The SMILES string of the molecule is N#Cc1ccccc1-c1ccc(Cc2ncccc2N)cc1. The number of pyridine rings is 1. The van der Waals surface area contributed by atoms with Crippen molar-refractivity contribution >= 4 is 5.69 Å². The number of rotatable bonds is 3. The Morgan fingerprint density at radius 1 is 0.955 bits per heavy atom. The predicted octanol–water partition coefficient (Wildman–Crippen LogP) is 3.79. The molecule has 0 unspecified atom stereocenters. The molecule has 0 saturated heterocycles. The Labute approximate surface area is 129 Å². The van der Waals surface area contributed by atoms with Crippen LogP contribution in [0.5, 0.6) is 0 Å². The number of nitrogens with zero attached hydrogens (tertiary/aromatic N) is 2. The smallest absolute Gasteiger partial charge is 0.0998 e. The monoisotopic (exact) mass is 285 g/mol. The van der Waals surface area contributed by atoms with Crippen LogP contribution in [-0.4, -0.2) is 4.98 Å². The number of benzene rings is 2. The van der Waals surface area contributed by atoms with E-state index in [9.17, 15) is 5.26 Å². The minimum atomic E-state index is 0.684. The van der Waals surface area contributed by atoms with E-state index in [-0.39, 0.29) is 0 Å². The van der Waals surface area contributed by atoms with E-state index in [1.807, 2.05) is 48.5 Å². The van der Waals surface area contributed by atoms with Crippen LogP contribution < -0.4 is 5.73 Å². The summed E-state index contributed by atoms with van der Waals surface area (Å²) in [5.41, 5.74) is 11.3. The van der Waals surface area contributed by atoms with Crippen molar-refractivity contribution < 1.29 is 0 Å². The first kappa shape index (κ1) is 13.8. The highest BCUT2D eigenvalue weighted by molar-refractivity contribution is 5.70. The Morgan fingerprint density at radius 2 is 1.73 bits per heavy atom. The zero-order valence-electron chi connectivity index (χ0n) is 12.0. The molecule has 3 rings (SSSR count). The van der Waals surface area contributed by atoms with Gasteiger partial charge in [-0.15, -0.1) is 0 Å². The van der Waals surface area contributed by atoms with Crippen molar-refractivity contribution in [1.29, 1.82) is 5.26 Å². The Bertz CT molecular complexity index is 830. The van der Waals surface area contributed by atoms with Crippen LogP contribution >= 0.6 is 0 Å². The number of aromatic nitrogens is 1. The molecule has 2 aromatic carbocycles. The highest BCUT2D eigenvalue weighted by Crippen LogP contribution is 2.24. The molecule has 0 saturated carbocycles. The predicted molar refractivity (Wildman–Crippen MR) is 88.0 cm³/mol. The van der Waals surface area contributed by atoms with Gasteiger partial charge in [0.05, 0.1) is 23.0 Å². The van der Waals surface area contributed by atoms with Crippen molar-refractivity contribution in [1.82, 2.24) is 4.98 Å². The number of nitriles is 1. The zero-order chi connectivity index (χ0) is 15.4. The van der Waals surface area contributed by atoms with Crippen LogP contribution in [0.4, 0.5) is 5.69 Å². The molecule has 0 aliphatic rings. The molecule has 1 heterocycles. The third-order valence-corrected chi connectivity index (χ3v) is 3.61. The van der Waals surface area contributed by atoms with Gasteiger partial charge in [-0.1, -0.05) is 42.5 Å². The molecule has 1 aromatic heterocycles. The summed E-state index contributed by atoms with van der Waals surface area (Å²) in [7, 11) is 0. The number of hydrogen-bond donors (Lipinski definition) is 1. The summed E-state index contributed by atoms with van der Waals surface area (Å²) in [6, 6.07) is 21.7. The van der Waals surface area contributed by atoms with Gasteiger partial charge in [0.1, 0.15) is 0 Å². The normalized spacial score (nSPS) is 10.1. The molecule has 2 N–H and O–H groups in total. The number of anilines is 1. The van der Waals surface area contributed by atoms with Gasteiger partial charge in [0.15, 0.2) is 0 Å². The van der Waals surface area contributed by atoms with Crippen molar-refractivity contribution in [3.8, 4) is 17.2 Å². The molecule has 0 fully saturated rings. The van der Waals surface area contributed by atoms with E-state index in [0.29, 0.717) is 17.7 Å². The quantitative estimate of drug-likeness (QED) is 0.796. The van der Waals surface area contributed by atoms with Gasteiger partial charge < -0.3 is 5.73 Å². The van der Waals surface area contributed by atoms with Crippen LogP contribution in [-0.2, 0) is 6.42 Å². The molecular formula is C19H15N3. The Morgan fingerprint density at radius 3 is 2.45 bits per heavy atom. The minimum Gasteiger partial charge on any atom is -0.397 e. The van der Waals surface area contributed by atoms with E-state index in [2.05, 4.69) is 23.2 Å². The summed E-state index contributed by atoms with van der Waals surface area (Å²) in [4.78, 5) is 4.31. The molecule has 0 amide bonds. The van der Waals surface area contributed by atoms with E-state index < -0.39 is 0 Å². The molecule has 3 heteroatoms. The van der Waals surface area contributed by atoms with Crippen molar-refractivity contribution in [2.24, 2.45) is 0 Å². The van der Waals surface area contributed by atoms with Crippen molar-refractivity contribution in [2.75, 3.05) is 5.73 Å². The third kappa shape index (κ3) is 2.82. The molecule has 22 heavy (non-hydrogen) atoms. The summed E-state index contributed by atoms with van der Waals surface area (Å²) >= 11 is 0. The summed E-state index contributed by atoms with van der Waals surface area (Å²) in [6.45, 7) is 0. The maximum Gasteiger partial charge on any atom is 0.0998 e. The molecule has 3 aromatic rings. The lowest BCUT2D eigenvalue weighted by atomic mass is 9.98. The van der Waals surface area contributed by atoms with Gasteiger partial charge in [-0.05, 0) is 34.9 Å². The fraction of sp³-hybridized carbons (Fsp3) is 0.0526. The second-order valence-electron chi connectivity index (χ2n) is 5.07. The fourth-order valence-corrected chi connectivity index (χ4v) is 2.43. The Balaban J connectivity index is 1.88. The van der Waals surface area contributed by atoms with Crippen LogP contribution in [0.3, 0.4) is 0 Å². The third-order valence-electron chi connectivity index (χ3n) is 3.61. The molecule has 0 spiro atoms. The van der Waals surface area contributed by atoms with Crippen LogP contribution in [0.15, 0.2) is 66.9 Å². The Kier molecular flexibility index (Phi) is 3.84. The van der Waals surface area contributed by atoms with E-state index in [0.717, 1.165) is 22.4 Å². The topological polar surface area (TPSA) is 62.7 Å².